The van der Waals surface area contributed by atoms with E-state index in [1.54, 1.807) is 35.2 Å². The van der Waals surface area contributed by atoms with Crippen molar-refractivity contribution in [3.8, 4) is 0 Å². The molecule has 8 rings (SSSR count). The van der Waals surface area contributed by atoms with Gasteiger partial charge in [-0.15, -0.1) is 0 Å². The molecule has 6 aliphatic rings. The van der Waals surface area contributed by atoms with E-state index in [-0.39, 0.29) is 49.5 Å². The minimum atomic E-state index is -3.51. The van der Waals surface area contributed by atoms with Crippen LogP contribution in [-0.2, 0) is 29.6 Å². The highest BCUT2D eigenvalue weighted by atomic mass is 32.2. The standard InChI is InChI=1S/C44H60FN5O5S.CH4/c1-55-43(52)25-34-7-2-10-41(34)44(32-48-21-6-22-48,36-8-3-9-37(45)26-36)35-16-23-47(24-17-35)27-33-28-49(29-33)38-12-14-39(15-13-38)56(53,54)40-30-50(31-40)42(51)11-4-18-46-19-5-20-46;/h3-4,8-9,11-15,26,33-35,40-41H,2,5-7,10,16-25,27-32H2,1H3;1H4/b11-4+;/t34-,41+,44+;/m1./s1. The molecule has 57 heavy (non-hydrogen) atoms. The van der Waals surface area contributed by atoms with Crippen LogP contribution in [0.2, 0.25) is 0 Å². The van der Waals surface area contributed by atoms with Crippen LogP contribution >= 0.6 is 0 Å². The zero-order valence-corrected chi connectivity index (χ0v) is 33.9. The summed E-state index contributed by atoms with van der Waals surface area (Å²) in [6, 6.07) is 14.7. The van der Waals surface area contributed by atoms with Gasteiger partial charge >= 0.3 is 5.97 Å². The third-order valence-corrected chi connectivity index (χ3v) is 16.4. The molecule has 10 nitrogen and oxygen atoms in total. The van der Waals surface area contributed by atoms with Crippen LogP contribution in [0.5, 0.6) is 0 Å². The molecule has 0 bridgehead atoms. The molecule has 0 aromatic heterocycles. The van der Waals surface area contributed by atoms with Crippen molar-refractivity contribution in [3.63, 3.8) is 0 Å². The number of hydrogen-bond donors (Lipinski definition) is 0. The predicted octanol–water partition coefficient (Wildman–Crippen LogP) is 5.48. The number of amides is 1. The van der Waals surface area contributed by atoms with E-state index >= 15 is 4.39 Å². The van der Waals surface area contributed by atoms with Crippen LogP contribution in [0.25, 0.3) is 0 Å². The Morgan fingerprint density at radius 3 is 2.19 bits per heavy atom. The zero-order valence-electron chi connectivity index (χ0n) is 33.1. The third kappa shape index (κ3) is 8.85. The van der Waals surface area contributed by atoms with Crippen molar-refractivity contribution < 1.29 is 27.1 Å². The van der Waals surface area contributed by atoms with Gasteiger partial charge in [-0.2, -0.15) is 0 Å². The molecule has 12 heteroatoms. The van der Waals surface area contributed by atoms with Gasteiger partial charge in [0.2, 0.25) is 5.91 Å². The average molecular weight is 806 g/mol. The number of ether oxygens (including phenoxy) is 1. The second kappa shape index (κ2) is 17.9. The number of rotatable bonds is 15. The molecule has 0 unspecified atom stereocenters. The average Bonchev–Trinajstić information content (AvgIpc) is 3.58. The summed E-state index contributed by atoms with van der Waals surface area (Å²) in [6.07, 6.45) is 11.6. The molecule has 2 aromatic carbocycles. The van der Waals surface area contributed by atoms with Gasteiger partial charge in [-0.1, -0.05) is 32.1 Å². The summed E-state index contributed by atoms with van der Waals surface area (Å²) in [5.41, 5.74) is 1.95. The molecule has 5 heterocycles. The first-order valence-corrected chi connectivity index (χ1v) is 22.7. The van der Waals surface area contributed by atoms with Gasteiger partial charge in [-0.3, -0.25) is 14.5 Å². The highest BCUT2D eigenvalue weighted by Gasteiger charge is 2.53. The van der Waals surface area contributed by atoms with Crippen LogP contribution in [-0.4, -0.2) is 137 Å². The second-order valence-electron chi connectivity index (χ2n) is 17.6. The first-order chi connectivity index (χ1) is 27.1. The summed E-state index contributed by atoms with van der Waals surface area (Å²) in [4.78, 5) is 36.8. The molecule has 1 aliphatic carbocycles. The van der Waals surface area contributed by atoms with Crippen LogP contribution in [0.15, 0.2) is 65.6 Å². The first kappa shape index (κ1) is 41.8. The molecule has 5 saturated heterocycles. The van der Waals surface area contributed by atoms with Crippen molar-refractivity contribution >= 4 is 27.4 Å². The quantitative estimate of drug-likeness (QED) is 0.172. The number of nitrogens with zero attached hydrogens (tertiary/aromatic N) is 5. The molecule has 0 radical (unpaired) electrons. The number of carbonyl (C=O) groups excluding carboxylic acids is 2. The Morgan fingerprint density at radius 2 is 1.56 bits per heavy atom. The van der Waals surface area contributed by atoms with Crippen LogP contribution < -0.4 is 4.90 Å². The van der Waals surface area contributed by atoms with E-state index in [0.717, 1.165) is 115 Å². The van der Waals surface area contributed by atoms with Gasteiger partial charge in [0.25, 0.3) is 0 Å². The van der Waals surface area contributed by atoms with Gasteiger partial charge in [-0.25, -0.2) is 12.8 Å². The minimum absolute atomic E-state index is 0. The van der Waals surface area contributed by atoms with Crippen molar-refractivity contribution in [2.75, 3.05) is 97.1 Å². The first-order valence-electron chi connectivity index (χ1n) is 21.2. The Morgan fingerprint density at radius 1 is 0.860 bits per heavy atom. The lowest BCUT2D eigenvalue weighted by Crippen LogP contribution is -2.58. The Hall–Kier alpha value is -3.32. The molecule has 0 spiro atoms. The van der Waals surface area contributed by atoms with Gasteiger partial charge in [0.05, 0.1) is 12.0 Å². The number of carbonyl (C=O) groups is 2. The number of likely N-dealkylation sites (tertiary alicyclic amines) is 4. The summed E-state index contributed by atoms with van der Waals surface area (Å²) in [5, 5.41) is -0.562. The summed E-state index contributed by atoms with van der Waals surface area (Å²) in [6.45, 7) is 11.4. The number of benzene rings is 2. The Balaban J connectivity index is 0.00000496. The Kier molecular flexibility index (Phi) is 13.1. The topological polar surface area (TPSA) is 93.7 Å². The highest BCUT2D eigenvalue weighted by molar-refractivity contribution is 7.92. The molecule has 1 saturated carbocycles. The number of hydrogen-bond acceptors (Lipinski definition) is 9. The predicted molar refractivity (Wildman–Crippen MR) is 222 cm³/mol. The van der Waals surface area contributed by atoms with Crippen LogP contribution in [0, 0.1) is 29.5 Å². The molecular weight excluding hydrogens is 742 g/mol. The maximum Gasteiger partial charge on any atom is 0.305 e. The van der Waals surface area contributed by atoms with E-state index in [1.165, 1.54) is 20.0 Å². The van der Waals surface area contributed by atoms with Crippen molar-refractivity contribution in [1.29, 1.82) is 0 Å². The SMILES string of the molecule is C.COC(=O)C[C@H]1CCC[C@@H]1[C@](CN1CCC1)(c1cccc(F)c1)C1CCN(CC2CN(c3ccc(S(=O)(=O)C4CN(C(=O)/C=C/CN5CCC5)C4)cc3)C2)CC1. The van der Waals surface area contributed by atoms with E-state index in [0.29, 0.717) is 29.1 Å². The lowest BCUT2D eigenvalue weighted by molar-refractivity contribution is -0.142. The van der Waals surface area contributed by atoms with Gasteiger partial charge in [-0.05, 0) is 138 Å². The van der Waals surface area contributed by atoms with E-state index in [2.05, 4.69) is 25.7 Å². The second-order valence-corrected chi connectivity index (χ2v) is 19.8. The molecule has 312 valence electrons. The largest absolute Gasteiger partial charge is 0.469 e. The molecule has 0 N–H and O–H groups in total. The summed E-state index contributed by atoms with van der Waals surface area (Å²) in [5.74, 6) is 1.06. The van der Waals surface area contributed by atoms with E-state index < -0.39 is 15.1 Å². The smallest absolute Gasteiger partial charge is 0.305 e. The minimum Gasteiger partial charge on any atom is -0.469 e. The Bertz CT molecular complexity index is 1830. The lowest BCUT2D eigenvalue weighted by Gasteiger charge is -2.54. The third-order valence-electron chi connectivity index (χ3n) is 14.3. The van der Waals surface area contributed by atoms with Crippen LogP contribution in [0.1, 0.15) is 64.4 Å². The van der Waals surface area contributed by atoms with Crippen molar-refractivity contribution in [2.45, 2.75) is 74.4 Å². The summed E-state index contributed by atoms with van der Waals surface area (Å²) < 4.78 is 46.9. The highest BCUT2D eigenvalue weighted by Crippen LogP contribution is 2.54. The number of anilines is 1. The normalized spacial score (nSPS) is 25.2. The zero-order chi connectivity index (χ0) is 38.9. The van der Waals surface area contributed by atoms with Crippen molar-refractivity contribution in [2.24, 2.45) is 23.7 Å². The molecule has 5 aliphatic heterocycles. The maximum atomic E-state index is 15.0. The number of halogens is 1. The number of piperidine rings is 1. The lowest BCUT2D eigenvalue weighted by atomic mass is 9.56. The van der Waals surface area contributed by atoms with Gasteiger partial charge in [0.15, 0.2) is 9.84 Å². The number of sulfone groups is 1. The van der Waals surface area contributed by atoms with Crippen molar-refractivity contribution in [3.05, 3.63) is 72.1 Å². The fraction of sp³-hybridized carbons (Fsp3) is 0.644. The molecule has 1 amide bonds. The fourth-order valence-corrected chi connectivity index (χ4v) is 12.4. The van der Waals surface area contributed by atoms with Gasteiger partial charge in [0, 0.05) is 75.3 Å². The summed E-state index contributed by atoms with van der Waals surface area (Å²) >= 11 is 0. The molecular formula is C45H64FN5O5S. The van der Waals surface area contributed by atoms with Crippen LogP contribution in [0.4, 0.5) is 10.1 Å². The fourth-order valence-electron chi connectivity index (χ4n) is 10.8. The van der Waals surface area contributed by atoms with Crippen molar-refractivity contribution in [1.82, 2.24) is 19.6 Å². The van der Waals surface area contributed by atoms with E-state index in [4.69, 9.17) is 4.74 Å². The Labute approximate surface area is 340 Å². The molecule has 2 aromatic rings. The van der Waals surface area contributed by atoms with Gasteiger partial charge in [0.1, 0.15) is 11.1 Å². The number of esters is 1. The maximum absolute atomic E-state index is 15.0. The molecule has 3 atom stereocenters. The van der Waals surface area contributed by atoms with E-state index in [9.17, 15) is 18.0 Å². The van der Waals surface area contributed by atoms with Gasteiger partial charge < -0.3 is 24.3 Å². The van der Waals surface area contributed by atoms with E-state index in [1.807, 2.05) is 24.3 Å². The number of methoxy groups -OCH3 is 1. The van der Waals surface area contributed by atoms with Crippen LogP contribution in [0.3, 0.4) is 0 Å². The monoisotopic (exact) mass is 805 g/mol. The molecule has 6 fully saturated rings. The summed E-state index contributed by atoms with van der Waals surface area (Å²) in [7, 11) is -2.02.